The number of carbonyl (C=O) groups is 2. The average Bonchev–Trinajstić information content (AvgIpc) is 3.02. The van der Waals surface area contributed by atoms with Crippen LogP contribution < -0.4 is 5.73 Å². The number of hydrogen-bond donors (Lipinski definition) is 2. The largest absolute Gasteiger partial charge is 0.444 e. The van der Waals surface area contributed by atoms with Crippen LogP contribution in [0, 0.1) is 0 Å². The molecule has 2 amide bonds. The molecule has 9 heteroatoms. The molecule has 1 aliphatic rings. The zero-order valence-electron chi connectivity index (χ0n) is 13.7. The predicted octanol–water partition coefficient (Wildman–Crippen LogP) is 1.36. The molecule has 2 rings (SSSR count). The Morgan fingerprint density at radius 2 is 2.16 bits per heavy atom. The van der Waals surface area contributed by atoms with Gasteiger partial charge in [0.1, 0.15) is 17.3 Å². The lowest BCUT2D eigenvalue weighted by Crippen LogP contribution is -2.53. The van der Waals surface area contributed by atoms with Gasteiger partial charge >= 0.3 is 6.09 Å². The van der Waals surface area contributed by atoms with Gasteiger partial charge in [-0.25, -0.2) is 9.69 Å². The van der Waals surface area contributed by atoms with Crippen molar-refractivity contribution >= 4 is 32.6 Å². The van der Waals surface area contributed by atoms with E-state index < -0.39 is 30.3 Å². The molecular formula is C16H20BrN3O5. The van der Waals surface area contributed by atoms with Gasteiger partial charge in [0.15, 0.2) is 6.10 Å². The first kappa shape index (κ1) is 19.4. The summed E-state index contributed by atoms with van der Waals surface area (Å²) in [7, 11) is 0. The molecule has 1 aromatic rings. The van der Waals surface area contributed by atoms with Gasteiger partial charge in [-0.3, -0.25) is 4.79 Å². The van der Waals surface area contributed by atoms with Crippen LogP contribution >= 0.6 is 15.9 Å². The Kier molecular flexibility index (Phi) is 6.91. The number of aliphatic hydroxyl groups excluding tert-OH is 1. The zero-order valence-corrected chi connectivity index (χ0v) is 15.3. The van der Waals surface area contributed by atoms with Crippen molar-refractivity contribution in [3.05, 3.63) is 35.9 Å². The molecule has 25 heavy (non-hydrogen) atoms. The zero-order chi connectivity index (χ0) is 18.4. The van der Waals surface area contributed by atoms with Gasteiger partial charge in [-0.05, 0) is 28.4 Å². The van der Waals surface area contributed by atoms with E-state index in [4.69, 9.17) is 15.3 Å². The molecule has 1 aromatic carbocycles. The molecule has 0 saturated heterocycles. The Hall–Kier alpha value is -1.97. The van der Waals surface area contributed by atoms with E-state index in [0.717, 1.165) is 10.5 Å². The lowest BCUT2D eigenvalue weighted by atomic mass is 10.1. The van der Waals surface area contributed by atoms with Crippen molar-refractivity contribution in [2.75, 3.05) is 6.54 Å². The van der Waals surface area contributed by atoms with Crippen LogP contribution in [0.5, 0.6) is 0 Å². The second-order valence-corrected chi connectivity index (χ2v) is 6.57. The van der Waals surface area contributed by atoms with Crippen LogP contribution in [-0.4, -0.2) is 51.4 Å². The minimum Gasteiger partial charge on any atom is -0.444 e. The molecule has 1 unspecified atom stereocenters. The summed E-state index contributed by atoms with van der Waals surface area (Å²) in [5, 5.41) is 13.3. The molecule has 1 heterocycles. The summed E-state index contributed by atoms with van der Waals surface area (Å²) in [6, 6.07) is 7.83. The lowest BCUT2D eigenvalue weighted by molar-refractivity contribution is -0.134. The number of aliphatic hydroxyl groups is 1. The van der Waals surface area contributed by atoms with Crippen molar-refractivity contribution in [1.29, 1.82) is 0 Å². The standard InChI is InChI=1S/C16H20BrN3O5/c1-10(21)14(18)15(22)20(8-12-7-13(17)19-25-12)16(23)24-9-11-5-3-2-4-6-11/h2-6,10,12,14,21H,7-9,18H2,1H3/t10-,12?,14+/m1/s1. The van der Waals surface area contributed by atoms with Crippen molar-refractivity contribution in [2.45, 2.75) is 38.2 Å². The fraction of sp³-hybridized carbons (Fsp3) is 0.438. The molecule has 8 nitrogen and oxygen atoms in total. The van der Waals surface area contributed by atoms with Crippen LogP contribution in [0.4, 0.5) is 4.79 Å². The monoisotopic (exact) mass is 413 g/mol. The first-order valence-electron chi connectivity index (χ1n) is 7.72. The predicted molar refractivity (Wildman–Crippen MR) is 93.8 cm³/mol. The van der Waals surface area contributed by atoms with Gasteiger partial charge in [-0.15, -0.1) is 0 Å². The van der Waals surface area contributed by atoms with Gasteiger partial charge in [0.2, 0.25) is 0 Å². The van der Waals surface area contributed by atoms with E-state index in [9.17, 15) is 14.7 Å². The highest BCUT2D eigenvalue weighted by Crippen LogP contribution is 2.17. The molecule has 0 fully saturated rings. The normalized spacial score (nSPS) is 18.7. The molecule has 1 aliphatic heterocycles. The maximum Gasteiger partial charge on any atom is 0.417 e. The van der Waals surface area contributed by atoms with Gasteiger partial charge in [0.25, 0.3) is 5.91 Å². The highest BCUT2D eigenvalue weighted by molar-refractivity contribution is 9.18. The van der Waals surface area contributed by atoms with Crippen molar-refractivity contribution in [3.8, 4) is 0 Å². The molecule has 0 spiro atoms. The highest BCUT2D eigenvalue weighted by Gasteiger charge is 2.34. The number of rotatable bonds is 6. The smallest absolute Gasteiger partial charge is 0.417 e. The fourth-order valence-corrected chi connectivity index (χ4v) is 2.58. The van der Waals surface area contributed by atoms with Crippen molar-refractivity contribution in [2.24, 2.45) is 10.9 Å². The molecule has 0 bridgehead atoms. The van der Waals surface area contributed by atoms with Crippen LogP contribution in [0.15, 0.2) is 35.5 Å². The van der Waals surface area contributed by atoms with Crippen LogP contribution in [0.25, 0.3) is 0 Å². The second kappa shape index (κ2) is 8.93. The number of amides is 2. The van der Waals surface area contributed by atoms with E-state index in [0.29, 0.717) is 11.0 Å². The molecule has 0 radical (unpaired) electrons. The minimum absolute atomic E-state index is 0.0130. The summed E-state index contributed by atoms with van der Waals surface area (Å²) >= 11 is 3.20. The Morgan fingerprint density at radius 3 is 2.72 bits per heavy atom. The Morgan fingerprint density at radius 1 is 1.48 bits per heavy atom. The second-order valence-electron chi connectivity index (χ2n) is 5.65. The number of oxime groups is 1. The van der Waals surface area contributed by atoms with E-state index in [1.165, 1.54) is 6.92 Å². The van der Waals surface area contributed by atoms with Gasteiger partial charge in [0, 0.05) is 6.42 Å². The van der Waals surface area contributed by atoms with Crippen LogP contribution in [0.3, 0.4) is 0 Å². The number of nitrogens with zero attached hydrogens (tertiary/aromatic N) is 2. The van der Waals surface area contributed by atoms with Crippen LogP contribution in [-0.2, 0) is 21.0 Å². The number of imide groups is 1. The van der Waals surface area contributed by atoms with E-state index >= 15 is 0 Å². The first-order valence-corrected chi connectivity index (χ1v) is 8.51. The third-order valence-electron chi connectivity index (χ3n) is 3.58. The molecule has 0 aromatic heterocycles. The molecular weight excluding hydrogens is 394 g/mol. The summed E-state index contributed by atoms with van der Waals surface area (Å²) in [6.45, 7) is 1.31. The van der Waals surface area contributed by atoms with E-state index in [1.807, 2.05) is 18.2 Å². The lowest BCUT2D eigenvalue weighted by Gasteiger charge is -2.26. The highest BCUT2D eigenvalue weighted by atomic mass is 79.9. The summed E-state index contributed by atoms with van der Waals surface area (Å²) in [5.41, 5.74) is 6.46. The average molecular weight is 414 g/mol. The third kappa shape index (κ3) is 5.52. The maximum absolute atomic E-state index is 12.4. The third-order valence-corrected chi connectivity index (χ3v) is 4.05. The first-order chi connectivity index (χ1) is 11.9. The minimum atomic E-state index is -1.24. The number of halogens is 1. The van der Waals surface area contributed by atoms with Crippen molar-refractivity contribution in [1.82, 2.24) is 4.90 Å². The van der Waals surface area contributed by atoms with Crippen molar-refractivity contribution < 1.29 is 24.3 Å². The summed E-state index contributed by atoms with van der Waals surface area (Å²) in [4.78, 5) is 30.8. The van der Waals surface area contributed by atoms with Crippen molar-refractivity contribution in [3.63, 3.8) is 0 Å². The SMILES string of the molecule is C[C@@H](O)[C@H](N)C(=O)N(CC1CC(Br)=NO1)C(=O)OCc1ccccc1. The number of benzene rings is 1. The van der Waals surface area contributed by atoms with Crippen LogP contribution in [0.1, 0.15) is 18.9 Å². The van der Waals surface area contributed by atoms with Gasteiger partial charge < -0.3 is 20.4 Å². The topological polar surface area (TPSA) is 114 Å². The summed E-state index contributed by atoms with van der Waals surface area (Å²) in [5.74, 6) is -0.736. The molecule has 136 valence electrons. The maximum atomic E-state index is 12.4. The van der Waals surface area contributed by atoms with Gasteiger partial charge in [0.05, 0.1) is 12.6 Å². The molecule has 3 N–H and O–H groups in total. The summed E-state index contributed by atoms with van der Waals surface area (Å²) < 4.78 is 5.79. The van der Waals surface area contributed by atoms with E-state index in [1.54, 1.807) is 12.1 Å². The Bertz CT molecular complexity index is 638. The molecule has 0 saturated carbocycles. The van der Waals surface area contributed by atoms with Gasteiger partial charge in [-0.1, -0.05) is 35.5 Å². The fourth-order valence-electron chi connectivity index (χ4n) is 2.13. The van der Waals surface area contributed by atoms with E-state index in [2.05, 4.69) is 21.1 Å². The molecule has 0 aliphatic carbocycles. The quantitative estimate of drug-likeness (QED) is 0.727. The Labute approximate surface area is 153 Å². The summed E-state index contributed by atoms with van der Waals surface area (Å²) in [6.07, 6.45) is -2.04. The number of nitrogens with two attached hydrogens (primary N) is 1. The van der Waals surface area contributed by atoms with E-state index in [-0.39, 0.29) is 13.2 Å². The van der Waals surface area contributed by atoms with Gasteiger partial charge in [-0.2, -0.15) is 0 Å². The molecule has 3 atom stereocenters. The number of carbonyl (C=O) groups excluding carboxylic acids is 2. The number of hydrogen-bond acceptors (Lipinski definition) is 7. The number of ether oxygens (including phenoxy) is 1. The Balaban J connectivity index is 2.04. The van der Waals surface area contributed by atoms with Crippen LogP contribution in [0.2, 0.25) is 0 Å².